The highest BCUT2D eigenvalue weighted by atomic mass is 16.6. The summed E-state index contributed by atoms with van der Waals surface area (Å²) in [6.45, 7) is 9.83. The third-order valence-corrected chi connectivity index (χ3v) is 2.58. The number of rotatable bonds is 7. The molecule has 0 heterocycles. The normalized spacial score (nSPS) is 10.7. The molecule has 6 nitrogen and oxygen atoms in total. The fraction of sp³-hybridized carbons (Fsp3) is 0.333. The predicted molar refractivity (Wildman–Crippen MR) is 90.0 cm³/mol. The fourth-order valence-corrected chi connectivity index (χ4v) is 1.37. The number of ether oxygens (including phenoxy) is 2. The summed E-state index contributed by atoms with van der Waals surface area (Å²) in [5, 5.41) is 15.2. The van der Waals surface area contributed by atoms with Crippen LogP contribution in [-0.2, 0) is 19.1 Å². The average Bonchev–Trinajstić information content (AvgIpc) is 2.58. The van der Waals surface area contributed by atoms with E-state index in [1.165, 1.54) is 0 Å². The first-order chi connectivity index (χ1) is 11.3. The molecule has 0 aliphatic carbocycles. The lowest BCUT2D eigenvalue weighted by molar-refractivity contribution is -0.154. The van der Waals surface area contributed by atoms with Crippen LogP contribution in [0.4, 0.5) is 0 Å². The minimum absolute atomic E-state index is 0.0608. The number of esters is 2. The monoisotopic (exact) mass is 336 g/mol. The van der Waals surface area contributed by atoms with E-state index in [1.54, 1.807) is 26.0 Å². The van der Waals surface area contributed by atoms with Crippen LogP contribution in [0.1, 0.15) is 25.5 Å². The molecule has 1 unspecified atom stereocenters. The summed E-state index contributed by atoms with van der Waals surface area (Å²) in [7, 11) is 0. The second-order valence-electron chi connectivity index (χ2n) is 4.91. The maximum Gasteiger partial charge on any atom is 0.333 e. The summed E-state index contributed by atoms with van der Waals surface area (Å²) in [6, 6.07) is 9.08. The highest BCUT2D eigenvalue weighted by Gasteiger charge is 2.19. The van der Waals surface area contributed by atoms with Gasteiger partial charge in [-0.15, -0.1) is 0 Å². The Morgan fingerprint density at radius 1 is 1.00 bits per heavy atom. The topological polar surface area (TPSA) is 93.1 Å². The van der Waals surface area contributed by atoms with Crippen molar-refractivity contribution in [3.63, 3.8) is 0 Å². The van der Waals surface area contributed by atoms with Crippen LogP contribution in [-0.4, -0.2) is 42.0 Å². The van der Waals surface area contributed by atoms with E-state index in [0.29, 0.717) is 5.57 Å². The molecule has 1 aromatic carbocycles. The van der Waals surface area contributed by atoms with Crippen molar-refractivity contribution in [2.24, 2.45) is 0 Å². The molecular weight excluding hydrogens is 312 g/mol. The van der Waals surface area contributed by atoms with Gasteiger partial charge in [0.2, 0.25) is 0 Å². The van der Waals surface area contributed by atoms with Gasteiger partial charge < -0.3 is 19.7 Å². The number of carbonyl (C=O) groups excluding carboxylic acids is 2. The zero-order chi connectivity index (χ0) is 18.5. The van der Waals surface area contributed by atoms with Gasteiger partial charge >= 0.3 is 11.9 Å². The Bertz CT molecular complexity index is 548. The van der Waals surface area contributed by atoms with Gasteiger partial charge in [0.05, 0.1) is 13.2 Å². The van der Waals surface area contributed by atoms with E-state index in [-0.39, 0.29) is 25.4 Å². The fourth-order valence-electron chi connectivity index (χ4n) is 1.37. The Morgan fingerprint density at radius 2 is 1.50 bits per heavy atom. The average molecular weight is 336 g/mol. The lowest BCUT2D eigenvalue weighted by atomic mass is 10.1. The number of hydrogen-bond acceptors (Lipinski definition) is 6. The molecule has 1 atom stereocenters. The van der Waals surface area contributed by atoms with Crippen LogP contribution in [0.5, 0.6) is 0 Å². The Kier molecular flexibility index (Phi) is 10.8. The standard InChI is InChI=1S/C16H18O4.C2H6O2/c1-11(2)15(17)19-10-14(20-16(18)12(3)4)13-8-6-5-7-9-13;3-1-2-4/h5-9,14H,1,3,10H2,2,4H3;3-4H,1-2H2. The molecule has 0 aliphatic heterocycles. The van der Waals surface area contributed by atoms with Crippen LogP contribution < -0.4 is 0 Å². The number of carbonyl (C=O) groups is 2. The summed E-state index contributed by atoms with van der Waals surface area (Å²) < 4.78 is 10.3. The zero-order valence-electron chi connectivity index (χ0n) is 14.0. The van der Waals surface area contributed by atoms with Crippen molar-refractivity contribution >= 4 is 11.9 Å². The first kappa shape index (κ1) is 21.6. The van der Waals surface area contributed by atoms with Gasteiger partial charge in [0, 0.05) is 11.1 Å². The number of aliphatic hydroxyl groups is 2. The molecule has 0 bridgehead atoms. The quantitative estimate of drug-likeness (QED) is 0.584. The Morgan fingerprint density at radius 3 is 1.92 bits per heavy atom. The second kappa shape index (κ2) is 12.0. The van der Waals surface area contributed by atoms with E-state index >= 15 is 0 Å². The molecule has 0 radical (unpaired) electrons. The van der Waals surface area contributed by atoms with Gasteiger partial charge in [-0.25, -0.2) is 9.59 Å². The van der Waals surface area contributed by atoms with Crippen LogP contribution in [0.25, 0.3) is 0 Å². The van der Waals surface area contributed by atoms with Crippen molar-refractivity contribution in [1.82, 2.24) is 0 Å². The molecule has 24 heavy (non-hydrogen) atoms. The van der Waals surface area contributed by atoms with Crippen LogP contribution >= 0.6 is 0 Å². The van der Waals surface area contributed by atoms with Crippen LogP contribution in [0.2, 0.25) is 0 Å². The number of hydrogen-bond donors (Lipinski definition) is 2. The van der Waals surface area contributed by atoms with Gasteiger partial charge in [-0.1, -0.05) is 43.5 Å². The van der Waals surface area contributed by atoms with Crippen LogP contribution in [0.3, 0.4) is 0 Å². The number of benzene rings is 1. The van der Waals surface area contributed by atoms with E-state index in [0.717, 1.165) is 5.56 Å². The third-order valence-electron chi connectivity index (χ3n) is 2.58. The lowest BCUT2D eigenvalue weighted by Crippen LogP contribution is -2.19. The molecule has 0 aromatic heterocycles. The molecule has 6 heteroatoms. The maximum atomic E-state index is 11.6. The predicted octanol–water partition coefficient (Wildman–Crippen LogP) is 1.94. The molecule has 0 saturated carbocycles. The second-order valence-corrected chi connectivity index (χ2v) is 4.91. The van der Waals surface area contributed by atoms with E-state index in [1.807, 2.05) is 18.2 Å². The third kappa shape index (κ3) is 8.87. The minimum Gasteiger partial charge on any atom is -0.458 e. The molecule has 0 fully saturated rings. The Balaban J connectivity index is 0.00000118. The highest BCUT2D eigenvalue weighted by molar-refractivity contribution is 5.87. The van der Waals surface area contributed by atoms with Crippen molar-refractivity contribution in [3.8, 4) is 0 Å². The molecule has 132 valence electrons. The van der Waals surface area contributed by atoms with Crippen molar-refractivity contribution in [3.05, 3.63) is 60.2 Å². The summed E-state index contributed by atoms with van der Waals surface area (Å²) >= 11 is 0. The van der Waals surface area contributed by atoms with Gasteiger partial charge in [0.15, 0.2) is 6.10 Å². The van der Waals surface area contributed by atoms with E-state index in [4.69, 9.17) is 19.7 Å². The molecule has 2 N–H and O–H groups in total. The van der Waals surface area contributed by atoms with Gasteiger partial charge in [0.25, 0.3) is 0 Å². The Hall–Kier alpha value is -2.44. The first-order valence-electron chi connectivity index (χ1n) is 7.29. The van der Waals surface area contributed by atoms with Gasteiger partial charge in [-0.05, 0) is 19.4 Å². The van der Waals surface area contributed by atoms with Crippen LogP contribution in [0, 0.1) is 0 Å². The van der Waals surface area contributed by atoms with Crippen LogP contribution in [0.15, 0.2) is 54.6 Å². The summed E-state index contributed by atoms with van der Waals surface area (Å²) in [5.41, 5.74) is 1.33. The summed E-state index contributed by atoms with van der Waals surface area (Å²) in [4.78, 5) is 23.0. The van der Waals surface area contributed by atoms with Gasteiger partial charge in [-0.2, -0.15) is 0 Å². The largest absolute Gasteiger partial charge is 0.458 e. The van der Waals surface area contributed by atoms with Crippen molar-refractivity contribution in [2.45, 2.75) is 20.0 Å². The molecule has 0 spiro atoms. The Labute approximate surface area is 142 Å². The van der Waals surface area contributed by atoms with Crippen molar-refractivity contribution in [1.29, 1.82) is 0 Å². The molecule has 1 rings (SSSR count). The first-order valence-corrected chi connectivity index (χ1v) is 7.29. The van der Waals surface area contributed by atoms with E-state index in [9.17, 15) is 9.59 Å². The highest BCUT2D eigenvalue weighted by Crippen LogP contribution is 2.19. The van der Waals surface area contributed by atoms with E-state index in [2.05, 4.69) is 13.2 Å². The number of aliphatic hydroxyl groups excluding tert-OH is 2. The van der Waals surface area contributed by atoms with Gasteiger partial charge in [-0.3, -0.25) is 0 Å². The lowest BCUT2D eigenvalue weighted by Gasteiger charge is -2.18. The molecule has 1 aromatic rings. The molecule has 0 amide bonds. The summed E-state index contributed by atoms with van der Waals surface area (Å²) in [6.07, 6.45) is -0.663. The molecule has 0 aliphatic rings. The van der Waals surface area contributed by atoms with Gasteiger partial charge in [0.1, 0.15) is 6.61 Å². The summed E-state index contributed by atoms with van der Waals surface area (Å²) in [5.74, 6) is -1.04. The smallest absolute Gasteiger partial charge is 0.333 e. The van der Waals surface area contributed by atoms with Crippen molar-refractivity contribution < 1.29 is 29.3 Å². The maximum absolute atomic E-state index is 11.6. The molecular formula is C18H24O6. The van der Waals surface area contributed by atoms with Crippen molar-refractivity contribution in [2.75, 3.05) is 19.8 Å². The molecule has 0 saturated heterocycles. The zero-order valence-corrected chi connectivity index (χ0v) is 14.0. The SMILES string of the molecule is C=C(C)C(=O)OCC(OC(=O)C(=C)C)c1ccccc1.OCCO. The van der Waals surface area contributed by atoms with E-state index < -0.39 is 18.0 Å². The minimum atomic E-state index is -0.663.